The molecule has 142 valence electrons. The van der Waals surface area contributed by atoms with Crippen LogP contribution in [0, 0.1) is 0 Å². The fourth-order valence-corrected chi connectivity index (χ4v) is 4.34. The molecule has 3 N–H and O–H groups in total. The summed E-state index contributed by atoms with van der Waals surface area (Å²) in [5.74, 6) is 0.0174. The second kappa shape index (κ2) is 7.32. The number of halogens is 1. The van der Waals surface area contributed by atoms with Crippen molar-refractivity contribution in [3.63, 3.8) is 0 Å². The molecule has 0 bridgehead atoms. The number of rotatable bonds is 5. The molecule has 1 aromatic heterocycles. The van der Waals surface area contributed by atoms with E-state index in [0.29, 0.717) is 11.4 Å². The van der Waals surface area contributed by atoms with Crippen molar-refractivity contribution in [1.29, 1.82) is 0 Å². The molecule has 3 rings (SSSR count). The Balaban J connectivity index is 2.09. The zero-order valence-electron chi connectivity index (χ0n) is 15.3. The summed E-state index contributed by atoms with van der Waals surface area (Å²) >= 11 is 6.40. The first-order valence-corrected chi connectivity index (χ1v) is 10.4. The fraction of sp³-hybridized carbons (Fsp3) is 0.263. The second-order valence-corrected chi connectivity index (χ2v) is 8.77. The molecule has 0 saturated carbocycles. The number of anilines is 2. The van der Waals surface area contributed by atoms with Crippen LogP contribution in [0.25, 0.3) is 5.57 Å². The van der Waals surface area contributed by atoms with Crippen LogP contribution in [0.4, 0.5) is 11.6 Å². The number of hydrogen-bond acceptors (Lipinski definition) is 5. The highest BCUT2D eigenvalue weighted by Crippen LogP contribution is 2.35. The van der Waals surface area contributed by atoms with E-state index in [1.807, 2.05) is 32.9 Å². The lowest BCUT2D eigenvalue weighted by Crippen LogP contribution is -2.17. The van der Waals surface area contributed by atoms with Crippen LogP contribution in [0.15, 0.2) is 46.9 Å². The smallest absolute Gasteiger partial charge is 0.264 e. The van der Waals surface area contributed by atoms with Crippen molar-refractivity contribution in [2.24, 2.45) is 0 Å². The third-order valence-electron chi connectivity index (χ3n) is 4.29. The molecule has 0 fully saturated rings. The van der Waals surface area contributed by atoms with Gasteiger partial charge >= 0.3 is 0 Å². The van der Waals surface area contributed by atoms with Crippen molar-refractivity contribution >= 4 is 38.8 Å². The molecule has 0 aliphatic heterocycles. The van der Waals surface area contributed by atoms with E-state index in [1.165, 1.54) is 12.1 Å². The van der Waals surface area contributed by atoms with Gasteiger partial charge < -0.3 is 5.73 Å². The van der Waals surface area contributed by atoms with Crippen molar-refractivity contribution in [1.82, 2.24) is 9.97 Å². The van der Waals surface area contributed by atoms with Gasteiger partial charge in [-0.2, -0.15) is 4.98 Å². The Kier molecular flexibility index (Phi) is 5.26. The molecular weight excluding hydrogens is 384 g/mol. The highest BCUT2D eigenvalue weighted by atomic mass is 35.5. The number of nitrogens with one attached hydrogen (secondary N) is 1. The van der Waals surface area contributed by atoms with Crippen LogP contribution >= 0.6 is 11.6 Å². The molecule has 1 aliphatic rings. The molecule has 0 amide bonds. The number of allylic oxidation sites excluding steroid dienone is 4. The van der Waals surface area contributed by atoms with Crippen molar-refractivity contribution < 1.29 is 8.42 Å². The zero-order chi connectivity index (χ0) is 19.8. The fourth-order valence-electron chi connectivity index (χ4n) is 2.95. The molecule has 0 spiro atoms. The lowest BCUT2D eigenvalue weighted by atomic mass is 9.97. The molecule has 0 atom stereocenters. The van der Waals surface area contributed by atoms with Crippen molar-refractivity contribution in [3.8, 4) is 0 Å². The van der Waals surface area contributed by atoms with Gasteiger partial charge in [0.05, 0.1) is 10.6 Å². The molecular formula is C19H21ClN4O2S. The number of sulfonamides is 1. The molecule has 1 aromatic carbocycles. The molecule has 0 saturated heterocycles. The van der Waals surface area contributed by atoms with E-state index in [-0.39, 0.29) is 21.9 Å². The highest BCUT2D eigenvalue weighted by Gasteiger charge is 2.23. The van der Waals surface area contributed by atoms with Crippen molar-refractivity contribution in [2.45, 2.75) is 38.0 Å². The number of aromatic nitrogens is 2. The van der Waals surface area contributed by atoms with Gasteiger partial charge in [-0.3, -0.25) is 0 Å². The van der Waals surface area contributed by atoms with Gasteiger partial charge in [0.15, 0.2) is 0 Å². The summed E-state index contributed by atoms with van der Waals surface area (Å²) in [5, 5.41) is 0.237. The van der Waals surface area contributed by atoms with Gasteiger partial charge in [-0.1, -0.05) is 49.2 Å². The first kappa shape index (κ1) is 19.4. The topological polar surface area (TPSA) is 98.0 Å². The molecule has 27 heavy (non-hydrogen) atoms. The van der Waals surface area contributed by atoms with Crippen LogP contribution in [0.1, 0.15) is 44.4 Å². The van der Waals surface area contributed by atoms with Crippen LogP contribution in [0.2, 0.25) is 5.15 Å². The molecule has 6 nitrogen and oxygen atoms in total. The zero-order valence-corrected chi connectivity index (χ0v) is 16.9. The minimum Gasteiger partial charge on any atom is -0.399 e. The van der Waals surface area contributed by atoms with Gasteiger partial charge in [0.25, 0.3) is 10.0 Å². The minimum atomic E-state index is -3.89. The predicted octanol–water partition coefficient (Wildman–Crippen LogP) is 4.37. The molecule has 1 heterocycles. The van der Waals surface area contributed by atoms with Crippen LogP contribution in [0.5, 0.6) is 0 Å². The summed E-state index contributed by atoms with van der Waals surface area (Å²) in [6.07, 6.45) is 4.86. The van der Waals surface area contributed by atoms with E-state index in [9.17, 15) is 8.42 Å². The van der Waals surface area contributed by atoms with E-state index >= 15 is 0 Å². The van der Waals surface area contributed by atoms with E-state index in [0.717, 1.165) is 23.1 Å². The van der Waals surface area contributed by atoms with E-state index in [2.05, 4.69) is 14.7 Å². The largest absolute Gasteiger partial charge is 0.399 e. The third-order valence-corrected chi connectivity index (χ3v) is 5.91. The number of hydrogen-bond donors (Lipinski definition) is 2. The Hall–Kier alpha value is -2.38. The summed E-state index contributed by atoms with van der Waals surface area (Å²) in [7, 11) is -3.89. The second-order valence-electron chi connectivity index (χ2n) is 6.73. The summed E-state index contributed by atoms with van der Waals surface area (Å²) in [6, 6.07) is 6.02. The normalized spacial score (nSPS) is 14.3. The number of nitrogens with zero attached hydrogens (tertiary/aromatic N) is 2. The predicted molar refractivity (Wildman–Crippen MR) is 109 cm³/mol. The van der Waals surface area contributed by atoms with Crippen LogP contribution < -0.4 is 10.5 Å². The summed E-state index contributed by atoms with van der Waals surface area (Å²) in [4.78, 5) is 8.70. The average Bonchev–Trinajstić information content (AvgIpc) is 2.99. The Morgan fingerprint density at radius 2 is 2.00 bits per heavy atom. The van der Waals surface area contributed by atoms with Crippen LogP contribution in [-0.2, 0) is 10.0 Å². The number of benzene rings is 1. The lowest BCUT2D eigenvalue weighted by Gasteiger charge is -2.16. The van der Waals surface area contributed by atoms with Gasteiger partial charge in [-0.15, -0.1) is 0 Å². The maximum atomic E-state index is 12.7. The van der Waals surface area contributed by atoms with E-state index in [1.54, 1.807) is 12.1 Å². The average molecular weight is 405 g/mol. The van der Waals surface area contributed by atoms with Crippen molar-refractivity contribution in [3.05, 3.63) is 58.4 Å². The van der Waals surface area contributed by atoms with Gasteiger partial charge in [0, 0.05) is 11.3 Å². The summed E-state index contributed by atoms with van der Waals surface area (Å²) in [6.45, 7) is 6.02. The SMILES string of the molecule is CC1=C(c2nc(NS(=O)(=O)c3cccc(N)c3)nc(Cl)c2C(C)C)C=CC1. The lowest BCUT2D eigenvalue weighted by molar-refractivity contribution is 0.601. The first-order chi connectivity index (χ1) is 12.7. The Morgan fingerprint density at radius 3 is 2.59 bits per heavy atom. The standard InChI is InChI=1S/C19H21ClN4O2S/c1-11(2)16-17(15-9-4-6-12(15)3)22-19(23-18(16)20)24-27(25,26)14-8-5-7-13(21)10-14/h4-5,7-11H,6,21H2,1-3H3,(H,22,23,24). The highest BCUT2D eigenvalue weighted by molar-refractivity contribution is 7.92. The van der Waals surface area contributed by atoms with Gasteiger partial charge in [0.1, 0.15) is 5.15 Å². The molecule has 0 unspecified atom stereocenters. The number of nitrogen functional groups attached to an aromatic ring is 1. The molecule has 1 aliphatic carbocycles. The molecule has 2 aromatic rings. The number of nitrogens with two attached hydrogens (primary N) is 1. The third kappa shape index (κ3) is 3.99. The quantitative estimate of drug-likeness (QED) is 0.569. The maximum absolute atomic E-state index is 12.7. The maximum Gasteiger partial charge on any atom is 0.264 e. The monoisotopic (exact) mass is 404 g/mol. The Labute approximate surface area is 164 Å². The minimum absolute atomic E-state index is 0.0351. The molecule has 8 heteroatoms. The van der Waals surface area contributed by atoms with Gasteiger partial charge in [-0.05, 0) is 43.0 Å². The Morgan fingerprint density at radius 1 is 1.26 bits per heavy atom. The molecule has 0 radical (unpaired) electrons. The first-order valence-electron chi connectivity index (χ1n) is 8.51. The van der Waals surface area contributed by atoms with E-state index < -0.39 is 10.0 Å². The van der Waals surface area contributed by atoms with Crippen molar-refractivity contribution in [2.75, 3.05) is 10.5 Å². The van der Waals surface area contributed by atoms with E-state index in [4.69, 9.17) is 17.3 Å². The van der Waals surface area contributed by atoms with Gasteiger partial charge in [-0.25, -0.2) is 18.1 Å². The van der Waals surface area contributed by atoms with Gasteiger partial charge in [0.2, 0.25) is 5.95 Å². The Bertz CT molecular complexity index is 1060. The summed E-state index contributed by atoms with van der Waals surface area (Å²) in [5.41, 5.74) is 9.59. The summed E-state index contributed by atoms with van der Waals surface area (Å²) < 4.78 is 27.7. The van der Waals surface area contributed by atoms with Crippen LogP contribution in [-0.4, -0.2) is 18.4 Å². The van der Waals surface area contributed by atoms with Crippen LogP contribution in [0.3, 0.4) is 0 Å².